The lowest BCUT2D eigenvalue weighted by molar-refractivity contribution is -0.0702. The molecule has 1 aromatic carbocycles. The number of benzene rings is 1. The van der Waals surface area contributed by atoms with Gasteiger partial charge in [0.1, 0.15) is 5.82 Å². The van der Waals surface area contributed by atoms with Gasteiger partial charge in [0.25, 0.3) is 5.91 Å². The van der Waals surface area contributed by atoms with Crippen LogP contribution in [0.15, 0.2) is 36.7 Å². The number of hydrogen-bond acceptors (Lipinski definition) is 6. The summed E-state index contributed by atoms with van der Waals surface area (Å²) in [6, 6.07) is 8.47. The molecule has 2 bridgehead atoms. The standard InChI is InChI=1S/C27H34N6O2/c1-32-12-4-21(5-13-32)33-17-20-14-18(2-3-23(20)31-33)19-15-22(24(28)29-16-19)25(34)30-26-6-9-27(35,10-7-26)11-8-26/h2-3,14-17,21,35H,4-13H2,1H3,(H2,28,29)(H,30,34). The highest BCUT2D eigenvalue weighted by Gasteiger charge is 2.48. The summed E-state index contributed by atoms with van der Waals surface area (Å²) in [4.78, 5) is 20.0. The van der Waals surface area contributed by atoms with Gasteiger partial charge in [-0.15, -0.1) is 0 Å². The highest BCUT2D eigenvalue weighted by molar-refractivity contribution is 6.00. The van der Waals surface area contributed by atoms with Gasteiger partial charge in [-0.1, -0.05) is 6.07 Å². The number of nitrogen functional groups attached to an aromatic ring is 1. The lowest BCUT2D eigenvalue weighted by atomic mass is 9.63. The second-order valence-electron chi connectivity index (χ2n) is 11.0. The van der Waals surface area contributed by atoms with Crippen LogP contribution in [0.25, 0.3) is 22.0 Å². The van der Waals surface area contributed by atoms with Gasteiger partial charge in [0.15, 0.2) is 0 Å². The van der Waals surface area contributed by atoms with Gasteiger partial charge in [-0.2, -0.15) is 5.10 Å². The first-order valence-corrected chi connectivity index (χ1v) is 12.8. The first-order chi connectivity index (χ1) is 16.8. The zero-order valence-corrected chi connectivity index (χ0v) is 20.3. The number of pyridine rings is 1. The van der Waals surface area contributed by atoms with E-state index in [1.165, 1.54) is 0 Å². The van der Waals surface area contributed by atoms with E-state index in [4.69, 9.17) is 10.8 Å². The highest BCUT2D eigenvalue weighted by Crippen LogP contribution is 2.46. The van der Waals surface area contributed by atoms with Crippen molar-refractivity contribution in [1.29, 1.82) is 0 Å². The van der Waals surface area contributed by atoms with Gasteiger partial charge in [-0.3, -0.25) is 9.48 Å². The summed E-state index contributed by atoms with van der Waals surface area (Å²) in [6.45, 7) is 2.19. The van der Waals surface area contributed by atoms with Crippen LogP contribution in [0, 0.1) is 0 Å². The summed E-state index contributed by atoms with van der Waals surface area (Å²) in [6.07, 6.45) is 10.7. The Morgan fingerprint density at radius 2 is 1.80 bits per heavy atom. The number of carbonyl (C=O) groups excluding carboxylic acids is 1. The van der Waals surface area contributed by atoms with Crippen LogP contribution in [0.4, 0.5) is 5.82 Å². The maximum absolute atomic E-state index is 13.3. The molecule has 3 aliphatic carbocycles. The van der Waals surface area contributed by atoms with Crippen molar-refractivity contribution >= 4 is 22.6 Å². The Balaban J connectivity index is 1.24. The third-order valence-electron chi connectivity index (χ3n) is 8.67. The Kier molecular flexibility index (Phi) is 5.34. The smallest absolute Gasteiger partial charge is 0.255 e. The molecule has 0 spiro atoms. The number of nitrogens with zero attached hydrogens (tertiary/aromatic N) is 4. The van der Waals surface area contributed by atoms with Gasteiger partial charge in [-0.05, 0) is 95.3 Å². The minimum atomic E-state index is -0.535. The highest BCUT2D eigenvalue weighted by atomic mass is 16.3. The van der Waals surface area contributed by atoms with Gasteiger partial charge in [0.2, 0.25) is 0 Å². The summed E-state index contributed by atoms with van der Waals surface area (Å²) >= 11 is 0. The van der Waals surface area contributed by atoms with Gasteiger partial charge < -0.3 is 21.1 Å². The van der Waals surface area contributed by atoms with Crippen LogP contribution < -0.4 is 11.1 Å². The van der Waals surface area contributed by atoms with E-state index in [2.05, 4.69) is 39.2 Å². The Labute approximate surface area is 205 Å². The van der Waals surface area contributed by atoms with Crippen molar-refractivity contribution in [3.63, 3.8) is 0 Å². The van der Waals surface area contributed by atoms with Crippen molar-refractivity contribution in [3.8, 4) is 11.1 Å². The predicted molar refractivity (Wildman–Crippen MR) is 136 cm³/mol. The van der Waals surface area contributed by atoms with Crippen LogP contribution >= 0.6 is 0 Å². The second kappa shape index (κ2) is 8.31. The van der Waals surface area contributed by atoms with E-state index in [9.17, 15) is 9.90 Å². The fourth-order valence-electron chi connectivity index (χ4n) is 6.15. The Hall–Kier alpha value is -2.97. The summed E-state index contributed by atoms with van der Waals surface area (Å²) in [7, 11) is 2.17. The number of likely N-dealkylation sites (tertiary alicyclic amines) is 1. The Morgan fingerprint density at radius 3 is 2.51 bits per heavy atom. The predicted octanol–water partition coefficient (Wildman–Crippen LogP) is 3.51. The molecule has 1 aliphatic heterocycles. The van der Waals surface area contributed by atoms with E-state index < -0.39 is 5.60 Å². The number of rotatable bonds is 4. The number of aromatic nitrogens is 3. The van der Waals surface area contributed by atoms with Gasteiger partial charge in [0.05, 0.1) is 22.7 Å². The Bertz CT molecular complexity index is 1250. The van der Waals surface area contributed by atoms with Crippen LogP contribution in [0.3, 0.4) is 0 Å². The fraction of sp³-hybridized carbons (Fsp3) is 0.519. The zero-order chi connectivity index (χ0) is 24.2. The quantitative estimate of drug-likeness (QED) is 0.534. The van der Waals surface area contributed by atoms with Crippen molar-refractivity contribution in [2.45, 2.75) is 68.5 Å². The lowest BCUT2D eigenvalue weighted by Gasteiger charge is -2.51. The number of amides is 1. The minimum absolute atomic E-state index is 0.180. The molecule has 7 rings (SSSR count). The van der Waals surface area contributed by atoms with E-state index in [0.717, 1.165) is 86.5 Å². The SMILES string of the molecule is CN1CCC(n2cc3cc(-c4cnc(N)c(C(=O)NC56CCC(O)(CC5)CC6)c4)ccc3n2)CC1. The van der Waals surface area contributed by atoms with Crippen molar-refractivity contribution in [2.24, 2.45) is 0 Å². The summed E-state index contributed by atoms with van der Waals surface area (Å²) in [5.74, 6) is 0.0577. The maximum Gasteiger partial charge on any atom is 0.255 e. The number of fused-ring (bicyclic) bond motifs is 4. The molecule has 0 unspecified atom stereocenters. The molecule has 3 aromatic rings. The summed E-state index contributed by atoms with van der Waals surface area (Å²) < 4.78 is 2.12. The molecular weight excluding hydrogens is 440 g/mol. The van der Waals surface area contributed by atoms with Crippen molar-refractivity contribution in [1.82, 2.24) is 25.0 Å². The van der Waals surface area contributed by atoms with Gasteiger partial charge >= 0.3 is 0 Å². The van der Waals surface area contributed by atoms with Gasteiger partial charge in [-0.25, -0.2) is 4.98 Å². The monoisotopic (exact) mass is 474 g/mol. The normalized spacial score (nSPS) is 27.4. The Morgan fingerprint density at radius 1 is 1.09 bits per heavy atom. The minimum Gasteiger partial charge on any atom is -0.390 e. The number of anilines is 1. The van der Waals surface area contributed by atoms with Crippen LogP contribution in [-0.4, -0.2) is 62.0 Å². The van der Waals surface area contributed by atoms with E-state index in [1.54, 1.807) is 6.20 Å². The van der Waals surface area contributed by atoms with Gasteiger partial charge in [0, 0.05) is 28.9 Å². The molecule has 4 aliphatic rings. The maximum atomic E-state index is 13.3. The third-order valence-corrected chi connectivity index (χ3v) is 8.67. The third kappa shape index (κ3) is 4.19. The summed E-state index contributed by atoms with van der Waals surface area (Å²) in [5.41, 5.74) is 8.59. The molecule has 1 amide bonds. The number of nitrogens with one attached hydrogen (secondary N) is 1. The molecule has 2 aromatic heterocycles. The van der Waals surface area contributed by atoms with Crippen molar-refractivity contribution in [3.05, 3.63) is 42.2 Å². The van der Waals surface area contributed by atoms with Crippen molar-refractivity contribution < 1.29 is 9.90 Å². The molecule has 1 saturated heterocycles. The summed E-state index contributed by atoms with van der Waals surface area (Å²) in [5, 5.41) is 19.7. The number of aliphatic hydroxyl groups is 1. The first-order valence-electron chi connectivity index (χ1n) is 12.8. The molecule has 3 heterocycles. The second-order valence-corrected chi connectivity index (χ2v) is 11.0. The van der Waals surface area contributed by atoms with E-state index in [0.29, 0.717) is 11.6 Å². The molecule has 4 fully saturated rings. The van der Waals surface area contributed by atoms with E-state index in [1.807, 2.05) is 18.2 Å². The van der Waals surface area contributed by atoms with E-state index in [-0.39, 0.29) is 17.3 Å². The molecule has 4 N–H and O–H groups in total. The lowest BCUT2D eigenvalue weighted by Crippen LogP contribution is -2.58. The van der Waals surface area contributed by atoms with Crippen LogP contribution in [0.5, 0.6) is 0 Å². The first kappa shape index (κ1) is 22.5. The average molecular weight is 475 g/mol. The van der Waals surface area contributed by atoms with E-state index >= 15 is 0 Å². The number of piperidine rings is 1. The molecule has 3 saturated carbocycles. The number of nitrogens with two attached hydrogens (primary N) is 1. The average Bonchev–Trinajstić information content (AvgIpc) is 3.29. The van der Waals surface area contributed by atoms with Crippen LogP contribution in [0.1, 0.15) is 67.8 Å². The molecule has 8 nitrogen and oxygen atoms in total. The number of carbonyl (C=O) groups is 1. The molecule has 35 heavy (non-hydrogen) atoms. The fourth-order valence-corrected chi connectivity index (χ4v) is 6.15. The zero-order valence-electron chi connectivity index (χ0n) is 20.3. The molecular formula is C27H34N6O2. The van der Waals surface area contributed by atoms with Crippen LogP contribution in [-0.2, 0) is 0 Å². The molecule has 184 valence electrons. The van der Waals surface area contributed by atoms with Crippen molar-refractivity contribution in [2.75, 3.05) is 25.9 Å². The topological polar surface area (TPSA) is 109 Å². The largest absolute Gasteiger partial charge is 0.390 e. The number of hydrogen-bond donors (Lipinski definition) is 3. The molecule has 0 atom stereocenters. The molecule has 8 heteroatoms. The van der Waals surface area contributed by atoms with Crippen LogP contribution in [0.2, 0.25) is 0 Å². The molecule has 0 radical (unpaired) electrons.